The highest BCUT2D eigenvalue weighted by Gasteiger charge is 2.12. The van der Waals surface area contributed by atoms with Crippen molar-refractivity contribution >= 4 is 15.9 Å². The zero-order valence-electron chi connectivity index (χ0n) is 11.3. The average Bonchev–Trinajstić information content (AvgIpc) is 2.31. The molecule has 0 bridgehead atoms. The van der Waals surface area contributed by atoms with Gasteiger partial charge in [-0.05, 0) is 32.0 Å². The standard InChI is InChI=1S/C13H17FN2O3S/c1-10(2)15-20(18,19)16-12-6-7-13(14)11(9-12)5-3-4-8-17/h6-7,9-10,15-17H,4,8H2,1-2H3. The lowest BCUT2D eigenvalue weighted by atomic mass is 10.2. The van der Waals surface area contributed by atoms with Gasteiger partial charge in [0.05, 0.1) is 17.9 Å². The summed E-state index contributed by atoms with van der Waals surface area (Å²) in [5.41, 5.74) is 0.288. The van der Waals surface area contributed by atoms with Crippen LogP contribution in [0.1, 0.15) is 25.8 Å². The molecule has 0 aromatic heterocycles. The van der Waals surface area contributed by atoms with Crippen LogP contribution in [-0.2, 0) is 10.2 Å². The Hall–Kier alpha value is -1.62. The summed E-state index contributed by atoms with van der Waals surface area (Å²) in [7, 11) is -3.70. The van der Waals surface area contributed by atoms with Crippen LogP contribution in [0.15, 0.2) is 18.2 Å². The van der Waals surface area contributed by atoms with Crippen LogP contribution in [-0.4, -0.2) is 26.2 Å². The van der Waals surface area contributed by atoms with Crippen LogP contribution in [0.3, 0.4) is 0 Å². The fraction of sp³-hybridized carbons (Fsp3) is 0.385. The van der Waals surface area contributed by atoms with E-state index in [0.29, 0.717) is 0 Å². The Balaban J connectivity index is 2.94. The van der Waals surface area contributed by atoms with E-state index in [1.807, 2.05) is 0 Å². The topological polar surface area (TPSA) is 78.4 Å². The van der Waals surface area contributed by atoms with Crippen molar-refractivity contribution in [3.8, 4) is 11.8 Å². The first-order chi connectivity index (χ1) is 9.34. The summed E-state index contributed by atoms with van der Waals surface area (Å²) in [6.45, 7) is 3.27. The number of hydrogen-bond acceptors (Lipinski definition) is 3. The molecule has 1 aromatic carbocycles. The molecule has 110 valence electrons. The third kappa shape index (κ3) is 5.57. The molecule has 0 aliphatic rings. The predicted molar refractivity (Wildman–Crippen MR) is 75.8 cm³/mol. The van der Waals surface area contributed by atoms with E-state index in [2.05, 4.69) is 21.3 Å². The smallest absolute Gasteiger partial charge is 0.299 e. The molecule has 0 saturated carbocycles. The third-order valence-corrected chi connectivity index (χ3v) is 3.36. The molecule has 0 spiro atoms. The van der Waals surface area contributed by atoms with Gasteiger partial charge in [0.1, 0.15) is 5.82 Å². The van der Waals surface area contributed by atoms with E-state index < -0.39 is 16.0 Å². The Morgan fingerprint density at radius 2 is 2.10 bits per heavy atom. The maximum atomic E-state index is 13.5. The number of halogens is 1. The van der Waals surface area contributed by atoms with Gasteiger partial charge < -0.3 is 5.11 Å². The summed E-state index contributed by atoms with van der Waals surface area (Å²) < 4.78 is 41.5. The molecule has 0 aliphatic heterocycles. The molecule has 0 saturated heterocycles. The molecule has 1 aromatic rings. The maximum absolute atomic E-state index is 13.5. The van der Waals surface area contributed by atoms with E-state index >= 15 is 0 Å². The molecule has 1 rings (SSSR count). The molecule has 20 heavy (non-hydrogen) atoms. The second-order valence-electron chi connectivity index (χ2n) is 4.35. The lowest BCUT2D eigenvalue weighted by molar-refractivity contribution is 0.305. The van der Waals surface area contributed by atoms with E-state index in [9.17, 15) is 12.8 Å². The summed E-state index contributed by atoms with van der Waals surface area (Å²) in [6, 6.07) is 3.50. The third-order valence-electron chi connectivity index (χ3n) is 2.07. The molecule has 7 heteroatoms. The zero-order valence-corrected chi connectivity index (χ0v) is 12.1. The number of benzene rings is 1. The zero-order chi connectivity index (χ0) is 15.2. The van der Waals surface area contributed by atoms with Crippen molar-refractivity contribution in [2.24, 2.45) is 0 Å². The summed E-state index contributed by atoms with van der Waals surface area (Å²) in [4.78, 5) is 0. The van der Waals surface area contributed by atoms with Gasteiger partial charge in [-0.25, -0.2) is 4.39 Å². The molecule has 0 aliphatic carbocycles. The van der Waals surface area contributed by atoms with Gasteiger partial charge >= 0.3 is 0 Å². The molecule has 0 unspecified atom stereocenters. The quantitative estimate of drug-likeness (QED) is 0.715. The van der Waals surface area contributed by atoms with E-state index in [1.54, 1.807) is 13.8 Å². The van der Waals surface area contributed by atoms with Gasteiger partial charge in [-0.2, -0.15) is 13.1 Å². The fourth-order valence-electron chi connectivity index (χ4n) is 1.39. The molecular formula is C13H17FN2O3S. The minimum absolute atomic E-state index is 0.0724. The van der Waals surface area contributed by atoms with Crippen molar-refractivity contribution in [2.75, 3.05) is 11.3 Å². The molecule has 5 nitrogen and oxygen atoms in total. The van der Waals surface area contributed by atoms with Crippen molar-refractivity contribution in [3.05, 3.63) is 29.6 Å². The summed E-state index contributed by atoms with van der Waals surface area (Å²) in [5, 5.41) is 8.61. The largest absolute Gasteiger partial charge is 0.395 e. The van der Waals surface area contributed by atoms with Gasteiger partial charge in [-0.15, -0.1) is 0 Å². The Morgan fingerprint density at radius 3 is 2.70 bits per heavy atom. The van der Waals surface area contributed by atoms with Crippen molar-refractivity contribution in [1.82, 2.24) is 4.72 Å². The molecule has 0 atom stereocenters. The Kier molecular flexibility index (Phi) is 5.95. The molecule has 0 fully saturated rings. The van der Waals surface area contributed by atoms with Gasteiger partial charge in [0.2, 0.25) is 0 Å². The molecular weight excluding hydrogens is 283 g/mol. The van der Waals surface area contributed by atoms with E-state index in [0.717, 1.165) is 6.07 Å². The minimum Gasteiger partial charge on any atom is -0.395 e. The van der Waals surface area contributed by atoms with Crippen LogP contribution < -0.4 is 9.44 Å². The van der Waals surface area contributed by atoms with Crippen LogP contribution in [0.2, 0.25) is 0 Å². The van der Waals surface area contributed by atoms with Crippen LogP contribution in [0.5, 0.6) is 0 Å². The van der Waals surface area contributed by atoms with Crippen LogP contribution in [0.4, 0.5) is 10.1 Å². The van der Waals surface area contributed by atoms with Gasteiger partial charge in [0, 0.05) is 12.5 Å². The number of aliphatic hydroxyl groups excluding tert-OH is 1. The lowest BCUT2D eigenvalue weighted by Gasteiger charge is -2.11. The Bertz CT molecular complexity index is 618. The number of anilines is 1. The van der Waals surface area contributed by atoms with Crippen molar-refractivity contribution in [1.29, 1.82) is 0 Å². The highest BCUT2D eigenvalue weighted by molar-refractivity contribution is 7.90. The summed E-state index contributed by atoms with van der Waals surface area (Å²) >= 11 is 0. The minimum atomic E-state index is -3.70. The van der Waals surface area contributed by atoms with Crippen molar-refractivity contribution < 1.29 is 17.9 Å². The van der Waals surface area contributed by atoms with Gasteiger partial charge in [0.25, 0.3) is 10.2 Å². The second kappa shape index (κ2) is 7.24. The van der Waals surface area contributed by atoms with Gasteiger partial charge in [0.15, 0.2) is 0 Å². The highest BCUT2D eigenvalue weighted by atomic mass is 32.2. The SMILES string of the molecule is CC(C)NS(=O)(=O)Nc1ccc(F)c(C#CCCO)c1. The van der Waals surface area contributed by atoms with Crippen LogP contribution in [0, 0.1) is 17.7 Å². The monoisotopic (exact) mass is 300 g/mol. The lowest BCUT2D eigenvalue weighted by Crippen LogP contribution is -2.35. The first-order valence-corrected chi connectivity index (χ1v) is 7.51. The van der Waals surface area contributed by atoms with E-state index in [4.69, 9.17) is 5.11 Å². The highest BCUT2D eigenvalue weighted by Crippen LogP contribution is 2.15. The first kappa shape index (κ1) is 16.4. The summed E-state index contributed by atoms with van der Waals surface area (Å²) in [5.74, 6) is 4.58. The normalized spacial score (nSPS) is 11.1. The molecule has 0 heterocycles. The number of aliphatic hydroxyl groups is 1. The fourth-order valence-corrected chi connectivity index (χ4v) is 2.51. The molecule has 0 radical (unpaired) electrons. The number of nitrogens with one attached hydrogen (secondary N) is 2. The van der Waals surface area contributed by atoms with Gasteiger partial charge in [-0.1, -0.05) is 11.8 Å². The number of rotatable bonds is 5. The first-order valence-electron chi connectivity index (χ1n) is 6.03. The van der Waals surface area contributed by atoms with Crippen LogP contribution >= 0.6 is 0 Å². The summed E-state index contributed by atoms with van der Waals surface area (Å²) in [6.07, 6.45) is 0.226. The Morgan fingerprint density at radius 1 is 1.40 bits per heavy atom. The Labute approximate surface area is 118 Å². The van der Waals surface area contributed by atoms with Crippen molar-refractivity contribution in [2.45, 2.75) is 26.3 Å². The maximum Gasteiger partial charge on any atom is 0.299 e. The molecule has 3 N–H and O–H groups in total. The van der Waals surface area contributed by atoms with Crippen molar-refractivity contribution in [3.63, 3.8) is 0 Å². The van der Waals surface area contributed by atoms with Crippen LogP contribution in [0.25, 0.3) is 0 Å². The number of hydrogen-bond donors (Lipinski definition) is 3. The van der Waals surface area contributed by atoms with Gasteiger partial charge in [-0.3, -0.25) is 4.72 Å². The predicted octanol–water partition coefficient (Wildman–Crippen LogP) is 1.21. The average molecular weight is 300 g/mol. The van der Waals surface area contributed by atoms with E-state index in [1.165, 1.54) is 12.1 Å². The second-order valence-corrected chi connectivity index (χ2v) is 5.79. The molecule has 0 amide bonds. The van der Waals surface area contributed by atoms with E-state index in [-0.39, 0.29) is 30.3 Å².